The van der Waals surface area contributed by atoms with E-state index in [0.29, 0.717) is 27.6 Å². The summed E-state index contributed by atoms with van der Waals surface area (Å²) in [4.78, 5) is 31.5. The van der Waals surface area contributed by atoms with Crippen molar-refractivity contribution in [2.45, 2.75) is 6.04 Å². The van der Waals surface area contributed by atoms with Crippen LogP contribution in [-0.2, 0) is 9.59 Å². The Morgan fingerprint density at radius 2 is 1.19 bits per heavy atom. The molecule has 36 heavy (non-hydrogen) atoms. The zero-order chi connectivity index (χ0) is 24.6. The molecule has 5 heteroatoms. The number of benzene rings is 4. The normalized spacial score (nSPS) is 18.4. The van der Waals surface area contributed by atoms with Crippen LogP contribution < -0.4 is 9.80 Å². The van der Waals surface area contributed by atoms with Crippen molar-refractivity contribution in [2.75, 3.05) is 9.80 Å². The number of nitrogens with zero attached hydrogens (tertiary/aromatic N) is 2. The van der Waals surface area contributed by atoms with Crippen LogP contribution >= 0.6 is 11.6 Å². The topological polar surface area (TPSA) is 40.6 Å². The van der Waals surface area contributed by atoms with Gasteiger partial charge in [-0.3, -0.25) is 19.4 Å². The molecule has 0 radical (unpaired) electrons. The molecule has 0 aliphatic carbocycles. The number of carbonyl (C=O) groups excluding carboxylic acids is 2. The predicted molar refractivity (Wildman–Crippen MR) is 143 cm³/mol. The molecule has 1 atom stereocenters. The van der Waals surface area contributed by atoms with Crippen LogP contribution in [0.4, 0.5) is 11.4 Å². The second-order valence-corrected chi connectivity index (χ2v) is 9.11. The fraction of sp³-hybridized carbons (Fsp3) is 0.0323. The van der Waals surface area contributed by atoms with Gasteiger partial charge in [0.15, 0.2) is 0 Å². The monoisotopic (exact) mass is 488 g/mol. The number of amides is 2. The molecule has 0 spiro atoms. The van der Waals surface area contributed by atoms with E-state index >= 15 is 0 Å². The summed E-state index contributed by atoms with van der Waals surface area (Å²) in [6.07, 6.45) is 1.86. The van der Waals surface area contributed by atoms with E-state index < -0.39 is 6.04 Å². The van der Waals surface area contributed by atoms with Gasteiger partial charge in [-0.25, -0.2) is 0 Å². The van der Waals surface area contributed by atoms with Gasteiger partial charge in [0.2, 0.25) is 0 Å². The minimum absolute atomic E-state index is 0.207. The zero-order valence-electron chi connectivity index (χ0n) is 19.2. The molecule has 2 aliphatic heterocycles. The average molecular weight is 489 g/mol. The molecule has 4 aromatic carbocycles. The summed E-state index contributed by atoms with van der Waals surface area (Å²) in [7, 11) is 0. The molecular weight excluding hydrogens is 468 g/mol. The quantitative estimate of drug-likeness (QED) is 0.296. The Kier molecular flexibility index (Phi) is 5.51. The number of halogens is 1. The molecule has 174 valence electrons. The lowest BCUT2D eigenvalue weighted by atomic mass is 9.93. The third-order valence-corrected chi connectivity index (χ3v) is 6.75. The molecule has 0 fully saturated rings. The lowest BCUT2D eigenvalue weighted by Crippen LogP contribution is -2.38. The molecular formula is C31H21ClN2O2. The third-order valence-electron chi connectivity index (χ3n) is 6.50. The molecule has 6 rings (SSSR count). The largest absolute Gasteiger partial charge is 0.295 e. The lowest BCUT2D eigenvalue weighted by Gasteiger charge is -2.30. The summed E-state index contributed by atoms with van der Waals surface area (Å²) < 4.78 is 0. The molecule has 0 bridgehead atoms. The van der Waals surface area contributed by atoms with E-state index in [0.717, 1.165) is 16.8 Å². The maximum absolute atomic E-state index is 14.2. The number of carbonyl (C=O) groups is 2. The highest BCUT2D eigenvalue weighted by Gasteiger charge is 2.52. The maximum Gasteiger partial charge on any atom is 0.276 e. The summed E-state index contributed by atoms with van der Waals surface area (Å²) in [6.45, 7) is 0. The summed E-state index contributed by atoms with van der Waals surface area (Å²) >= 11 is 6.10. The van der Waals surface area contributed by atoms with E-state index in [9.17, 15) is 9.59 Å². The number of hydrogen-bond acceptors (Lipinski definition) is 2. The van der Waals surface area contributed by atoms with Crippen LogP contribution in [0.3, 0.4) is 0 Å². The van der Waals surface area contributed by atoms with Crippen molar-refractivity contribution in [1.29, 1.82) is 0 Å². The zero-order valence-corrected chi connectivity index (χ0v) is 20.0. The molecule has 2 aliphatic rings. The van der Waals surface area contributed by atoms with E-state index in [1.54, 1.807) is 21.9 Å². The van der Waals surface area contributed by atoms with Crippen molar-refractivity contribution in [3.05, 3.63) is 148 Å². The van der Waals surface area contributed by atoms with Gasteiger partial charge >= 0.3 is 0 Å². The number of rotatable bonds is 4. The molecule has 1 unspecified atom stereocenters. The third kappa shape index (κ3) is 3.63. The predicted octanol–water partition coefficient (Wildman–Crippen LogP) is 6.81. The van der Waals surface area contributed by atoms with E-state index in [-0.39, 0.29) is 11.8 Å². The van der Waals surface area contributed by atoms with Gasteiger partial charge in [-0.05, 0) is 53.6 Å². The van der Waals surface area contributed by atoms with Crippen LogP contribution in [0, 0.1) is 0 Å². The van der Waals surface area contributed by atoms with Gasteiger partial charge in [0.25, 0.3) is 11.8 Å². The molecule has 0 saturated carbocycles. The molecule has 0 saturated heterocycles. The Bertz CT molecular complexity index is 1510. The van der Waals surface area contributed by atoms with Crippen LogP contribution in [0.25, 0.3) is 6.08 Å². The van der Waals surface area contributed by atoms with Crippen LogP contribution in [0.1, 0.15) is 17.2 Å². The molecule has 0 aromatic heterocycles. The van der Waals surface area contributed by atoms with E-state index in [1.165, 1.54) is 0 Å². The van der Waals surface area contributed by atoms with Crippen molar-refractivity contribution in [2.24, 2.45) is 0 Å². The van der Waals surface area contributed by atoms with E-state index in [2.05, 4.69) is 0 Å². The molecule has 4 nitrogen and oxygen atoms in total. The van der Waals surface area contributed by atoms with Crippen molar-refractivity contribution in [3.8, 4) is 0 Å². The molecule has 4 aromatic rings. The Labute approximate surface area is 214 Å². The fourth-order valence-corrected chi connectivity index (χ4v) is 5.05. The number of hydrogen-bond donors (Lipinski definition) is 0. The van der Waals surface area contributed by atoms with Crippen molar-refractivity contribution < 1.29 is 9.59 Å². The van der Waals surface area contributed by atoms with Gasteiger partial charge < -0.3 is 0 Å². The highest BCUT2D eigenvalue weighted by Crippen LogP contribution is 2.50. The summed E-state index contributed by atoms with van der Waals surface area (Å²) in [5.74, 6) is -0.426. The fourth-order valence-electron chi connectivity index (χ4n) is 4.93. The molecule has 2 heterocycles. The summed E-state index contributed by atoms with van der Waals surface area (Å²) in [6, 6.07) is 35.7. The van der Waals surface area contributed by atoms with Crippen LogP contribution in [-0.4, -0.2) is 11.8 Å². The van der Waals surface area contributed by atoms with Gasteiger partial charge in [-0.2, -0.15) is 0 Å². The second kappa shape index (κ2) is 8.99. The van der Waals surface area contributed by atoms with Gasteiger partial charge in [0, 0.05) is 27.5 Å². The Morgan fingerprint density at radius 1 is 0.639 bits per heavy atom. The van der Waals surface area contributed by atoms with Gasteiger partial charge in [-0.1, -0.05) is 90.5 Å². The molecule has 0 N–H and O–H groups in total. The van der Waals surface area contributed by atoms with Crippen molar-refractivity contribution in [1.82, 2.24) is 0 Å². The van der Waals surface area contributed by atoms with Crippen LogP contribution in [0.5, 0.6) is 0 Å². The highest BCUT2D eigenvalue weighted by molar-refractivity contribution is 6.31. The average Bonchev–Trinajstić information content (AvgIpc) is 3.37. The summed E-state index contributed by atoms with van der Waals surface area (Å²) in [5, 5.41) is 0.620. The maximum atomic E-state index is 14.2. The van der Waals surface area contributed by atoms with Crippen LogP contribution in [0.15, 0.2) is 132 Å². The van der Waals surface area contributed by atoms with E-state index in [4.69, 9.17) is 11.6 Å². The lowest BCUT2D eigenvalue weighted by molar-refractivity contribution is -0.118. The standard InChI is InChI=1S/C31H21ClN2O2/c32-23-18-16-21(17-19-23)20-26-27-28(22-10-4-1-5-11-22)33(24-12-6-2-7-13-24)31(36)29(27)34(30(26)35)25-14-8-3-9-15-25/h1-20,28H/b26-20-. The van der Waals surface area contributed by atoms with E-state index in [1.807, 2.05) is 109 Å². The molecule has 2 amide bonds. The Balaban J connectivity index is 1.61. The van der Waals surface area contributed by atoms with Crippen molar-refractivity contribution >= 4 is 40.9 Å². The van der Waals surface area contributed by atoms with Gasteiger partial charge in [0.1, 0.15) is 5.70 Å². The first-order valence-electron chi connectivity index (χ1n) is 11.7. The highest BCUT2D eigenvalue weighted by atomic mass is 35.5. The summed E-state index contributed by atoms with van der Waals surface area (Å²) in [5.41, 5.74) is 4.80. The Hall–Kier alpha value is -4.41. The smallest absolute Gasteiger partial charge is 0.276 e. The SMILES string of the molecule is O=C1/C(=C\c2ccc(Cl)cc2)C2=C(C(=O)N(c3ccccc3)C2c2ccccc2)N1c1ccccc1. The minimum atomic E-state index is -0.452. The first-order valence-corrected chi connectivity index (χ1v) is 12.1. The second-order valence-electron chi connectivity index (χ2n) is 8.67. The first kappa shape index (κ1) is 22.1. The van der Waals surface area contributed by atoms with Crippen LogP contribution in [0.2, 0.25) is 5.02 Å². The Morgan fingerprint density at radius 3 is 1.81 bits per heavy atom. The minimum Gasteiger partial charge on any atom is -0.295 e. The van der Waals surface area contributed by atoms with Gasteiger partial charge in [-0.15, -0.1) is 0 Å². The number of anilines is 2. The first-order chi connectivity index (χ1) is 17.6. The van der Waals surface area contributed by atoms with Gasteiger partial charge in [0.05, 0.1) is 6.04 Å². The number of para-hydroxylation sites is 2. The van der Waals surface area contributed by atoms with Crippen molar-refractivity contribution in [3.63, 3.8) is 0 Å².